The second-order valence-electron chi connectivity index (χ2n) is 6.28. The van der Waals surface area contributed by atoms with E-state index >= 15 is 0 Å². The van der Waals surface area contributed by atoms with E-state index < -0.39 is 11.6 Å². The highest BCUT2D eigenvalue weighted by Gasteiger charge is 2.44. The summed E-state index contributed by atoms with van der Waals surface area (Å²) in [6, 6.07) is 11.0. The van der Waals surface area contributed by atoms with Gasteiger partial charge in [-0.2, -0.15) is 0 Å². The third-order valence-electron chi connectivity index (χ3n) is 4.35. The molecule has 6 heteroatoms. The standard InChI is InChI=1S/C19H18FNO4/c20-13-4-3-5-15(10-13)23-12-18(22)21-14-6-7-16-17(11-14)25-19(24-16)8-1-2-9-19/h3-7,10-11H,1-2,8-9,12H2,(H,21,22). The quantitative estimate of drug-likeness (QED) is 0.915. The topological polar surface area (TPSA) is 56.8 Å². The first-order valence-corrected chi connectivity index (χ1v) is 8.32. The minimum absolute atomic E-state index is 0.207. The zero-order valence-corrected chi connectivity index (χ0v) is 13.6. The molecule has 1 spiro atoms. The lowest BCUT2D eigenvalue weighted by molar-refractivity contribution is -0.118. The highest BCUT2D eigenvalue weighted by Crippen LogP contribution is 2.47. The van der Waals surface area contributed by atoms with Crippen LogP contribution in [0.5, 0.6) is 17.2 Å². The van der Waals surface area contributed by atoms with Crippen molar-refractivity contribution in [2.45, 2.75) is 31.5 Å². The van der Waals surface area contributed by atoms with Crippen LogP contribution in [0.4, 0.5) is 10.1 Å². The maximum atomic E-state index is 13.1. The Hall–Kier alpha value is -2.76. The van der Waals surface area contributed by atoms with Gasteiger partial charge in [0.25, 0.3) is 11.7 Å². The Kier molecular flexibility index (Phi) is 3.95. The molecule has 1 aliphatic carbocycles. The fourth-order valence-corrected chi connectivity index (χ4v) is 3.19. The lowest BCUT2D eigenvalue weighted by Crippen LogP contribution is -2.34. The van der Waals surface area contributed by atoms with Crippen LogP contribution in [0.2, 0.25) is 0 Å². The Bertz CT molecular complexity index is 802. The Morgan fingerprint density at radius 2 is 1.92 bits per heavy atom. The van der Waals surface area contributed by atoms with E-state index in [0.717, 1.165) is 25.7 Å². The van der Waals surface area contributed by atoms with Crippen molar-refractivity contribution >= 4 is 11.6 Å². The average molecular weight is 343 g/mol. The highest BCUT2D eigenvalue weighted by atomic mass is 19.1. The predicted octanol–water partition coefficient (Wildman–Crippen LogP) is 3.88. The first-order chi connectivity index (χ1) is 12.1. The third kappa shape index (κ3) is 3.38. The van der Waals surface area contributed by atoms with E-state index in [4.69, 9.17) is 14.2 Å². The monoisotopic (exact) mass is 343 g/mol. The van der Waals surface area contributed by atoms with Crippen LogP contribution in [0.15, 0.2) is 42.5 Å². The molecule has 0 unspecified atom stereocenters. The first kappa shape index (κ1) is 15.7. The van der Waals surface area contributed by atoms with E-state index in [2.05, 4.69) is 5.32 Å². The summed E-state index contributed by atoms with van der Waals surface area (Å²) in [5.41, 5.74) is 0.602. The molecule has 1 amide bonds. The molecule has 1 N–H and O–H groups in total. The van der Waals surface area contributed by atoms with Crippen molar-refractivity contribution in [3.05, 3.63) is 48.3 Å². The molecule has 0 aromatic heterocycles. The number of anilines is 1. The Morgan fingerprint density at radius 1 is 1.12 bits per heavy atom. The van der Waals surface area contributed by atoms with Crippen LogP contribution in [-0.4, -0.2) is 18.3 Å². The van der Waals surface area contributed by atoms with Gasteiger partial charge in [0, 0.05) is 30.7 Å². The van der Waals surface area contributed by atoms with E-state index in [9.17, 15) is 9.18 Å². The summed E-state index contributed by atoms with van der Waals surface area (Å²) in [5, 5.41) is 2.74. The molecule has 1 heterocycles. The fraction of sp³-hybridized carbons (Fsp3) is 0.316. The molecule has 2 aromatic rings. The minimum Gasteiger partial charge on any atom is -0.484 e. The number of hydrogen-bond acceptors (Lipinski definition) is 4. The Morgan fingerprint density at radius 3 is 2.72 bits per heavy atom. The second-order valence-corrected chi connectivity index (χ2v) is 6.28. The Balaban J connectivity index is 1.36. The number of ether oxygens (including phenoxy) is 3. The van der Waals surface area contributed by atoms with Gasteiger partial charge in [-0.05, 0) is 37.1 Å². The van der Waals surface area contributed by atoms with Crippen molar-refractivity contribution < 1.29 is 23.4 Å². The zero-order chi connectivity index (χ0) is 17.3. The summed E-state index contributed by atoms with van der Waals surface area (Å²) in [4.78, 5) is 12.0. The SMILES string of the molecule is O=C(COc1cccc(F)c1)Nc1ccc2c(c1)OC1(CCCC1)O2. The average Bonchev–Trinajstić information content (AvgIpc) is 3.19. The van der Waals surface area contributed by atoms with Crippen LogP contribution in [0.1, 0.15) is 25.7 Å². The normalized spacial score (nSPS) is 16.8. The highest BCUT2D eigenvalue weighted by molar-refractivity contribution is 5.92. The molecule has 25 heavy (non-hydrogen) atoms. The van der Waals surface area contributed by atoms with Gasteiger partial charge in [-0.15, -0.1) is 0 Å². The first-order valence-electron chi connectivity index (χ1n) is 8.32. The molecule has 4 rings (SSSR count). The van der Waals surface area contributed by atoms with E-state index in [-0.39, 0.29) is 12.5 Å². The number of halogens is 1. The second kappa shape index (κ2) is 6.27. The van der Waals surface area contributed by atoms with Crippen molar-refractivity contribution in [1.29, 1.82) is 0 Å². The van der Waals surface area contributed by atoms with Gasteiger partial charge in [-0.1, -0.05) is 6.07 Å². The maximum absolute atomic E-state index is 13.1. The number of benzene rings is 2. The molecule has 2 aliphatic rings. The van der Waals surface area contributed by atoms with Gasteiger partial charge in [-0.25, -0.2) is 4.39 Å². The number of nitrogens with one attached hydrogen (secondary N) is 1. The van der Waals surface area contributed by atoms with Crippen molar-refractivity contribution in [3.8, 4) is 17.2 Å². The van der Waals surface area contributed by atoms with Crippen LogP contribution in [-0.2, 0) is 4.79 Å². The van der Waals surface area contributed by atoms with E-state index in [1.807, 2.05) is 0 Å². The van der Waals surface area contributed by atoms with E-state index in [1.165, 1.54) is 18.2 Å². The largest absolute Gasteiger partial charge is 0.484 e. The molecule has 0 saturated heterocycles. The number of rotatable bonds is 4. The molecular weight excluding hydrogens is 325 g/mol. The molecule has 2 aromatic carbocycles. The fourth-order valence-electron chi connectivity index (χ4n) is 3.19. The lowest BCUT2D eigenvalue weighted by Gasteiger charge is -2.21. The summed E-state index contributed by atoms with van der Waals surface area (Å²) in [6.07, 6.45) is 3.94. The van der Waals surface area contributed by atoms with E-state index in [1.54, 1.807) is 24.3 Å². The van der Waals surface area contributed by atoms with Gasteiger partial charge in [0.15, 0.2) is 18.1 Å². The van der Waals surface area contributed by atoms with Crippen LogP contribution in [0, 0.1) is 5.82 Å². The van der Waals surface area contributed by atoms with Crippen molar-refractivity contribution in [1.82, 2.24) is 0 Å². The maximum Gasteiger partial charge on any atom is 0.262 e. The molecule has 5 nitrogen and oxygen atoms in total. The van der Waals surface area contributed by atoms with E-state index in [0.29, 0.717) is 22.9 Å². The van der Waals surface area contributed by atoms with Gasteiger partial charge in [0.2, 0.25) is 0 Å². The molecule has 1 fully saturated rings. The summed E-state index contributed by atoms with van der Waals surface area (Å²) >= 11 is 0. The van der Waals surface area contributed by atoms with Gasteiger partial charge in [0.1, 0.15) is 11.6 Å². The molecule has 0 radical (unpaired) electrons. The molecule has 0 bridgehead atoms. The molecule has 1 saturated carbocycles. The summed E-state index contributed by atoms with van der Waals surface area (Å²) < 4.78 is 30.3. The third-order valence-corrected chi connectivity index (χ3v) is 4.35. The number of fused-ring (bicyclic) bond motifs is 1. The predicted molar refractivity (Wildman–Crippen MR) is 89.4 cm³/mol. The van der Waals surface area contributed by atoms with Crippen LogP contribution in [0.3, 0.4) is 0 Å². The van der Waals surface area contributed by atoms with Crippen molar-refractivity contribution in [3.63, 3.8) is 0 Å². The summed E-state index contributed by atoms with van der Waals surface area (Å²) in [7, 11) is 0. The molecule has 1 aliphatic heterocycles. The number of carbonyl (C=O) groups excluding carboxylic acids is 1. The molecular formula is C19H18FNO4. The van der Waals surface area contributed by atoms with Gasteiger partial charge in [-0.3, -0.25) is 4.79 Å². The van der Waals surface area contributed by atoms with Gasteiger partial charge >= 0.3 is 0 Å². The number of amides is 1. The van der Waals surface area contributed by atoms with Gasteiger partial charge in [0.05, 0.1) is 0 Å². The van der Waals surface area contributed by atoms with Crippen LogP contribution < -0.4 is 19.5 Å². The zero-order valence-electron chi connectivity index (χ0n) is 13.6. The molecule has 130 valence electrons. The summed E-state index contributed by atoms with van der Waals surface area (Å²) in [5.74, 6) is 0.393. The minimum atomic E-state index is -0.522. The Labute approximate surface area is 144 Å². The van der Waals surface area contributed by atoms with Crippen LogP contribution >= 0.6 is 0 Å². The lowest BCUT2D eigenvalue weighted by atomic mass is 10.2. The number of carbonyl (C=O) groups is 1. The van der Waals surface area contributed by atoms with Crippen molar-refractivity contribution in [2.24, 2.45) is 0 Å². The van der Waals surface area contributed by atoms with Gasteiger partial charge < -0.3 is 19.5 Å². The number of hydrogen-bond donors (Lipinski definition) is 1. The molecule has 0 atom stereocenters. The van der Waals surface area contributed by atoms with Crippen molar-refractivity contribution in [2.75, 3.05) is 11.9 Å². The van der Waals surface area contributed by atoms with Crippen LogP contribution in [0.25, 0.3) is 0 Å². The summed E-state index contributed by atoms with van der Waals surface area (Å²) in [6.45, 7) is -0.207. The smallest absolute Gasteiger partial charge is 0.262 e.